The quantitative estimate of drug-likeness (QED) is 0.349. The second-order valence-corrected chi connectivity index (χ2v) is 19.0. The molecule has 2 aliphatic carbocycles. The monoisotopic (exact) mass is 574 g/mol. The molecule has 0 amide bonds. The van der Waals surface area contributed by atoms with Crippen LogP contribution in [0, 0.1) is 5.41 Å². The van der Waals surface area contributed by atoms with E-state index in [9.17, 15) is 18.3 Å². The number of pyridine rings is 2. The van der Waals surface area contributed by atoms with Gasteiger partial charge in [0.2, 0.25) is 0 Å². The molecule has 2 heterocycles. The van der Waals surface area contributed by atoms with E-state index in [0.717, 1.165) is 66.9 Å². The van der Waals surface area contributed by atoms with Crippen molar-refractivity contribution in [1.29, 1.82) is 0 Å². The van der Waals surface area contributed by atoms with Crippen LogP contribution in [-0.4, -0.2) is 23.4 Å². The van der Waals surface area contributed by atoms with Crippen molar-refractivity contribution >= 4 is 13.9 Å². The molecule has 2 aliphatic rings. The molecule has 0 saturated carbocycles. The Morgan fingerprint density at radius 2 is 1.80 bits per heavy atom. The minimum absolute atomic E-state index is 0.00269. The smallest absolute Gasteiger partial charge is 0.410 e. The molecular weight excluding hydrogens is 529 g/mol. The van der Waals surface area contributed by atoms with Crippen LogP contribution >= 0.6 is 0 Å². The highest BCUT2D eigenvalue weighted by Gasteiger charge is 2.45. The highest BCUT2D eigenvalue weighted by atomic mass is 28.4. The number of hydrogen-bond acceptors (Lipinski definition) is 4. The predicted octanol–water partition coefficient (Wildman–Crippen LogP) is 9.30. The van der Waals surface area contributed by atoms with Crippen LogP contribution < -0.4 is 0 Å². The Balaban J connectivity index is 1.99. The Morgan fingerprint density at radius 1 is 1.12 bits per heavy atom. The zero-order chi connectivity index (χ0) is 29.8. The summed E-state index contributed by atoms with van der Waals surface area (Å²) in [5, 5.41) is 11.9. The molecular formula is C32H45F3N2O2Si. The molecule has 0 aliphatic heterocycles. The van der Waals surface area contributed by atoms with Crippen molar-refractivity contribution in [2.75, 3.05) is 0 Å². The summed E-state index contributed by atoms with van der Waals surface area (Å²) < 4.78 is 46.9. The second kappa shape index (κ2) is 10.7. The lowest BCUT2D eigenvalue weighted by Crippen LogP contribution is -2.44. The number of halogens is 3. The van der Waals surface area contributed by atoms with E-state index in [1.807, 2.05) is 0 Å². The molecule has 1 N–H and O–H groups in total. The summed E-state index contributed by atoms with van der Waals surface area (Å²) in [6, 6.07) is 2.28. The first-order chi connectivity index (χ1) is 18.3. The summed E-state index contributed by atoms with van der Waals surface area (Å²) in [5.41, 5.74) is 5.08. The van der Waals surface area contributed by atoms with Gasteiger partial charge in [-0.1, -0.05) is 60.6 Å². The number of allylic oxidation sites excluding steroid dienone is 2. The van der Waals surface area contributed by atoms with Crippen LogP contribution in [0.15, 0.2) is 24.4 Å². The molecule has 0 bridgehead atoms. The number of alkyl halides is 3. The van der Waals surface area contributed by atoms with Crippen LogP contribution in [0.5, 0.6) is 0 Å². The molecule has 0 saturated heterocycles. The molecule has 220 valence electrons. The Morgan fingerprint density at radius 3 is 2.30 bits per heavy atom. The molecule has 0 spiro atoms. The van der Waals surface area contributed by atoms with Gasteiger partial charge in [0.15, 0.2) is 8.32 Å². The van der Waals surface area contributed by atoms with Gasteiger partial charge in [0.05, 0.1) is 6.10 Å². The first-order valence-electron chi connectivity index (χ1n) is 14.5. The van der Waals surface area contributed by atoms with Gasteiger partial charge in [-0.3, -0.25) is 9.97 Å². The molecule has 2 aromatic heterocycles. The lowest BCUT2D eigenvalue weighted by molar-refractivity contribution is -0.141. The maximum absolute atomic E-state index is 13.2. The maximum Gasteiger partial charge on any atom is 0.433 e. The largest absolute Gasteiger partial charge is 0.433 e. The number of fused-ring (bicyclic) bond motifs is 1. The Hall–Kier alpha value is -2.03. The fraction of sp³-hybridized carbons (Fsp3) is 0.625. The van der Waals surface area contributed by atoms with Crippen LogP contribution in [0.1, 0.15) is 132 Å². The predicted molar refractivity (Wildman–Crippen MR) is 157 cm³/mol. The third kappa shape index (κ3) is 6.09. The lowest BCUT2D eigenvalue weighted by atomic mass is 9.71. The summed E-state index contributed by atoms with van der Waals surface area (Å²) in [6.45, 7) is 19.9. The van der Waals surface area contributed by atoms with E-state index < -0.39 is 26.3 Å². The average Bonchev–Trinajstić information content (AvgIpc) is 3.35. The topological polar surface area (TPSA) is 55.2 Å². The Labute approximate surface area is 238 Å². The van der Waals surface area contributed by atoms with Gasteiger partial charge in [-0.2, -0.15) is 13.2 Å². The van der Waals surface area contributed by atoms with Crippen molar-refractivity contribution < 1.29 is 22.7 Å². The SMILES string of the molecule is CC(C)c1nc2c(c(C3=CCCC3)c1C(O)c1ccc(C(F)(F)F)nc1)[C@H](O[Si](C)(C)C(C)(C)C)CC(C)(C)C2. The standard InChI is InChI=1S/C32H45F3N2O2Si/c1-19(2)28-27(29(38)21-14-15-24(36-18-21)32(33,34)35)25(20-12-10-11-13-20)26-22(37-28)16-31(6,7)17-23(26)39-40(8,9)30(3,4)5/h12,14-15,18-19,23,29,38H,10-11,13,16-17H2,1-9H3/t23-,29?/m1/s1. The third-order valence-electron chi connectivity index (χ3n) is 8.90. The highest BCUT2D eigenvalue weighted by molar-refractivity contribution is 6.74. The van der Waals surface area contributed by atoms with E-state index in [4.69, 9.17) is 9.41 Å². The van der Waals surface area contributed by atoms with Gasteiger partial charge < -0.3 is 9.53 Å². The van der Waals surface area contributed by atoms with Crippen LogP contribution in [0.25, 0.3) is 5.57 Å². The number of aliphatic hydroxyl groups excluding tert-OH is 1. The van der Waals surface area contributed by atoms with Crippen LogP contribution in [0.3, 0.4) is 0 Å². The number of aromatic nitrogens is 2. The summed E-state index contributed by atoms with van der Waals surface area (Å²) in [6.07, 6.45) is 2.04. The molecule has 2 aromatic rings. The number of aliphatic hydroxyl groups is 1. The van der Waals surface area contributed by atoms with Gasteiger partial charge in [-0.05, 0) is 78.8 Å². The zero-order valence-corrected chi connectivity index (χ0v) is 26.5. The van der Waals surface area contributed by atoms with Gasteiger partial charge in [0.25, 0.3) is 0 Å². The van der Waals surface area contributed by atoms with Gasteiger partial charge in [0, 0.05) is 34.3 Å². The minimum atomic E-state index is -4.54. The summed E-state index contributed by atoms with van der Waals surface area (Å²) >= 11 is 0. The van der Waals surface area contributed by atoms with Crippen molar-refractivity contribution in [3.8, 4) is 0 Å². The average molecular weight is 575 g/mol. The van der Waals surface area contributed by atoms with Gasteiger partial charge in [-0.15, -0.1) is 0 Å². The third-order valence-corrected chi connectivity index (χ3v) is 13.4. The van der Waals surface area contributed by atoms with Crippen LogP contribution in [-0.2, 0) is 17.0 Å². The van der Waals surface area contributed by atoms with Gasteiger partial charge >= 0.3 is 6.18 Å². The van der Waals surface area contributed by atoms with Crippen molar-refractivity contribution in [2.45, 2.75) is 123 Å². The number of rotatable bonds is 6. The number of hydrogen-bond donors (Lipinski definition) is 1. The minimum Gasteiger partial charge on any atom is -0.410 e. The van der Waals surface area contributed by atoms with Crippen molar-refractivity contribution in [3.63, 3.8) is 0 Å². The summed E-state index contributed by atoms with van der Waals surface area (Å²) in [5.74, 6) is 0.00269. The maximum atomic E-state index is 13.2. The summed E-state index contributed by atoms with van der Waals surface area (Å²) in [7, 11) is -2.18. The second-order valence-electron chi connectivity index (χ2n) is 14.2. The molecule has 2 atom stereocenters. The van der Waals surface area contributed by atoms with Crippen molar-refractivity contribution in [2.24, 2.45) is 5.41 Å². The zero-order valence-electron chi connectivity index (χ0n) is 25.5. The van der Waals surface area contributed by atoms with E-state index in [0.29, 0.717) is 11.1 Å². The highest BCUT2D eigenvalue weighted by Crippen LogP contribution is 2.52. The van der Waals surface area contributed by atoms with Crippen LogP contribution in [0.2, 0.25) is 18.1 Å². The molecule has 0 radical (unpaired) electrons. The van der Waals surface area contributed by atoms with Crippen molar-refractivity contribution in [1.82, 2.24) is 9.97 Å². The molecule has 4 nitrogen and oxygen atoms in total. The Bertz CT molecular complexity index is 1280. The number of nitrogens with zero attached hydrogens (tertiary/aromatic N) is 2. The summed E-state index contributed by atoms with van der Waals surface area (Å²) in [4.78, 5) is 8.89. The van der Waals surface area contributed by atoms with Gasteiger partial charge in [-0.25, -0.2) is 0 Å². The molecule has 8 heteroatoms. The first-order valence-corrected chi connectivity index (χ1v) is 17.4. The fourth-order valence-corrected chi connectivity index (χ4v) is 7.06. The van der Waals surface area contributed by atoms with E-state index >= 15 is 0 Å². The fourth-order valence-electron chi connectivity index (χ4n) is 5.79. The molecule has 40 heavy (non-hydrogen) atoms. The lowest BCUT2D eigenvalue weighted by Gasteiger charge is -2.45. The molecule has 1 unspecified atom stereocenters. The van der Waals surface area contributed by atoms with Crippen molar-refractivity contribution in [3.05, 3.63) is 63.7 Å². The first kappa shape index (κ1) is 30.9. The normalized spacial score (nSPS) is 20.4. The molecule has 0 aromatic carbocycles. The van der Waals surface area contributed by atoms with E-state index in [1.54, 1.807) is 0 Å². The van der Waals surface area contributed by atoms with Gasteiger partial charge in [0.1, 0.15) is 11.8 Å². The van der Waals surface area contributed by atoms with E-state index in [2.05, 4.69) is 72.6 Å². The Kier molecular flexibility index (Phi) is 8.24. The van der Waals surface area contributed by atoms with E-state index in [-0.39, 0.29) is 22.5 Å². The van der Waals surface area contributed by atoms with E-state index in [1.165, 1.54) is 11.6 Å². The molecule has 4 rings (SSSR count). The van der Waals surface area contributed by atoms with Crippen LogP contribution in [0.4, 0.5) is 13.2 Å². The molecule has 0 fully saturated rings.